The van der Waals surface area contributed by atoms with Crippen molar-refractivity contribution in [1.82, 2.24) is 15.0 Å². The number of fused-ring (bicyclic) bond motifs is 1. The first-order chi connectivity index (χ1) is 15.2. The molecular weight excluding hydrogens is 428 g/mol. The molecule has 1 N–H and O–H groups in total. The van der Waals surface area contributed by atoms with Gasteiger partial charge >= 0.3 is 0 Å². The fourth-order valence-corrected chi connectivity index (χ4v) is 3.28. The summed E-state index contributed by atoms with van der Waals surface area (Å²) < 4.78 is 11.1. The molecule has 0 bridgehead atoms. The van der Waals surface area contributed by atoms with Crippen LogP contribution in [0.5, 0.6) is 11.5 Å². The number of hydrogen-bond acceptors (Lipinski definition) is 5. The highest BCUT2D eigenvalue weighted by Crippen LogP contribution is 2.26. The zero-order chi connectivity index (χ0) is 22.9. The van der Waals surface area contributed by atoms with Gasteiger partial charge in [-0.3, -0.25) is 4.79 Å². The summed E-state index contributed by atoms with van der Waals surface area (Å²) in [5, 5.41) is 12.7. The standard InChI is InChI=1S/C24H23ClN4O3/c1-15-13-21-22(28-29(27-21)17-7-11-18(31-4)12-8-17)14-20(15)26-23(30)24(2,3)32-19-9-5-16(25)6-10-19/h5-14H,1-4H3,(H,26,30). The van der Waals surface area contributed by atoms with Crippen LogP contribution < -0.4 is 14.8 Å². The van der Waals surface area contributed by atoms with Gasteiger partial charge in [0.1, 0.15) is 22.5 Å². The van der Waals surface area contributed by atoms with E-state index in [4.69, 9.17) is 21.1 Å². The van der Waals surface area contributed by atoms with Crippen LogP contribution in [-0.4, -0.2) is 33.6 Å². The molecule has 4 rings (SSSR count). The van der Waals surface area contributed by atoms with Crippen molar-refractivity contribution in [2.45, 2.75) is 26.4 Å². The second-order valence-corrected chi connectivity index (χ2v) is 8.30. The Labute approximate surface area is 190 Å². The maximum Gasteiger partial charge on any atom is 0.267 e. The summed E-state index contributed by atoms with van der Waals surface area (Å²) in [4.78, 5) is 14.5. The van der Waals surface area contributed by atoms with Crippen LogP contribution in [0.15, 0.2) is 60.7 Å². The van der Waals surface area contributed by atoms with Crippen molar-refractivity contribution < 1.29 is 14.3 Å². The highest BCUT2D eigenvalue weighted by molar-refractivity contribution is 6.30. The van der Waals surface area contributed by atoms with E-state index in [0.29, 0.717) is 22.0 Å². The summed E-state index contributed by atoms with van der Waals surface area (Å²) in [6.07, 6.45) is 0. The van der Waals surface area contributed by atoms with Gasteiger partial charge in [-0.1, -0.05) is 11.6 Å². The van der Waals surface area contributed by atoms with Gasteiger partial charge in [0, 0.05) is 10.7 Å². The molecule has 0 saturated heterocycles. The predicted molar refractivity (Wildman–Crippen MR) is 125 cm³/mol. The summed E-state index contributed by atoms with van der Waals surface area (Å²) in [7, 11) is 1.62. The molecule has 0 radical (unpaired) electrons. The number of amides is 1. The molecule has 0 aliphatic rings. The Morgan fingerprint density at radius 2 is 1.56 bits per heavy atom. The van der Waals surface area contributed by atoms with E-state index in [1.165, 1.54) is 0 Å². The predicted octanol–water partition coefficient (Wildman–Crippen LogP) is 5.19. The minimum atomic E-state index is -1.10. The molecule has 0 fully saturated rings. The van der Waals surface area contributed by atoms with Crippen molar-refractivity contribution in [2.75, 3.05) is 12.4 Å². The smallest absolute Gasteiger partial charge is 0.267 e. The number of methoxy groups -OCH3 is 1. The Morgan fingerprint density at radius 1 is 0.969 bits per heavy atom. The molecule has 4 aromatic rings. The molecule has 0 saturated carbocycles. The fourth-order valence-electron chi connectivity index (χ4n) is 3.15. The highest BCUT2D eigenvalue weighted by Gasteiger charge is 2.30. The molecular formula is C24H23ClN4O3. The lowest BCUT2D eigenvalue weighted by atomic mass is 10.1. The minimum Gasteiger partial charge on any atom is -0.497 e. The zero-order valence-corrected chi connectivity index (χ0v) is 19.0. The van der Waals surface area contributed by atoms with E-state index >= 15 is 0 Å². The van der Waals surface area contributed by atoms with Gasteiger partial charge in [0.25, 0.3) is 5.91 Å². The maximum atomic E-state index is 13.0. The van der Waals surface area contributed by atoms with Gasteiger partial charge in [-0.2, -0.15) is 4.80 Å². The van der Waals surface area contributed by atoms with Crippen LogP contribution in [0.1, 0.15) is 19.4 Å². The Bertz CT molecular complexity index is 1270. The molecule has 0 aliphatic carbocycles. The fraction of sp³-hybridized carbons (Fsp3) is 0.208. The number of carbonyl (C=O) groups is 1. The van der Waals surface area contributed by atoms with E-state index < -0.39 is 5.60 Å². The quantitative estimate of drug-likeness (QED) is 0.437. The van der Waals surface area contributed by atoms with Crippen molar-refractivity contribution >= 4 is 34.2 Å². The Balaban J connectivity index is 1.56. The summed E-state index contributed by atoms with van der Waals surface area (Å²) in [5.41, 5.74) is 2.62. The number of ether oxygens (including phenoxy) is 2. The van der Waals surface area contributed by atoms with E-state index in [-0.39, 0.29) is 5.91 Å². The summed E-state index contributed by atoms with van der Waals surface area (Å²) >= 11 is 5.92. The van der Waals surface area contributed by atoms with E-state index in [1.54, 1.807) is 50.0 Å². The SMILES string of the molecule is COc1ccc(-n2nc3cc(C)c(NC(=O)C(C)(C)Oc4ccc(Cl)cc4)cc3n2)cc1. The number of benzene rings is 3. The van der Waals surface area contributed by atoms with Crippen LogP contribution in [0, 0.1) is 6.92 Å². The van der Waals surface area contributed by atoms with E-state index in [9.17, 15) is 4.79 Å². The first-order valence-corrected chi connectivity index (χ1v) is 10.4. The van der Waals surface area contributed by atoms with E-state index in [1.807, 2.05) is 43.3 Å². The van der Waals surface area contributed by atoms with Crippen LogP contribution in [0.2, 0.25) is 5.02 Å². The number of anilines is 1. The molecule has 1 aromatic heterocycles. The molecule has 0 atom stereocenters. The average molecular weight is 451 g/mol. The molecule has 3 aromatic carbocycles. The van der Waals surface area contributed by atoms with Gasteiger partial charge in [-0.05, 0) is 87.0 Å². The van der Waals surface area contributed by atoms with Gasteiger partial charge < -0.3 is 14.8 Å². The van der Waals surface area contributed by atoms with Crippen LogP contribution in [0.3, 0.4) is 0 Å². The number of rotatable bonds is 6. The number of aromatic nitrogens is 3. The number of nitrogens with zero attached hydrogens (tertiary/aromatic N) is 3. The largest absolute Gasteiger partial charge is 0.497 e. The van der Waals surface area contributed by atoms with Crippen LogP contribution in [-0.2, 0) is 4.79 Å². The van der Waals surface area contributed by atoms with Gasteiger partial charge in [-0.15, -0.1) is 10.2 Å². The molecule has 8 heteroatoms. The molecule has 1 heterocycles. The summed E-state index contributed by atoms with van der Waals surface area (Å²) in [5.74, 6) is 1.04. The molecule has 1 amide bonds. The third-order valence-electron chi connectivity index (χ3n) is 5.01. The van der Waals surface area contributed by atoms with Gasteiger partial charge in [0.2, 0.25) is 0 Å². The summed E-state index contributed by atoms with van der Waals surface area (Å²) in [6, 6.07) is 18.1. The molecule has 0 unspecified atom stereocenters. The monoisotopic (exact) mass is 450 g/mol. The van der Waals surface area contributed by atoms with Crippen molar-refractivity contribution in [3.63, 3.8) is 0 Å². The third-order valence-corrected chi connectivity index (χ3v) is 5.26. The molecule has 0 aliphatic heterocycles. The second kappa shape index (κ2) is 8.51. The lowest BCUT2D eigenvalue weighted by molar-refractivity contribution is -0.128. The Kier molecular flexibility index (Phi) is 5.76. The van der Waals surface area contributed by atoms with Crippen LogP contribution in [0.25, 0.3) is 16.7 Å². The number of carbonyl (C=O) groups excluding carboxylic acids is 1. The molecule has 0 spiro atoms. The van der Waals surface area contributed by atoms with E-state index in [0.717, 1.165) is 22.5 Å². The summed E-state index contributed by atoms with van der Waals surface area (Å²) in [6.45, 7) is 5.34. The Morgan fingerprint density at radius 3 is 2.19 bits per heavy atom. The first-order valence-electron chi connectivity index (χ1n) is 10.0. The zero-order valence-electron chi connectivity index (χ0n) is 18.2. The highest BCUT2D eigenvalue weighted by atomic mass is 35.5. The van der Waals surface area contributed by atoms with Gasteiger partial charge in [0.05, 0.1) is 12.8 Å². The van der Waals surface area contributed by atoms with Crippen molar-refractivity contribution in [3.8, 4) is 17.2 Å². The van der Waals surface area contributed by atoms with E-state index in [2.05, 4.69) is 15.5 Å². The average Bonchev–Trinajstić information content (AvgIpc) is 3.18. The molecule has 32 heavy (non-hydrogen) atoms. The third kappa shape index (κ3) is 4.53. The normalized spacial score (nSPS) is 11.4. The topological polar surface area (TPSA) is 78.3 Å². The Hall–Kier alpha value is -3.58. The van der Waals surface area contributed by atoms with Crippen molar-refractivity contribution in [1.29, 1.82) is 0 Å². The van der Waals surface area contributed by atoms with Crippen molar-refractivity contribution in [2.24, 2.45) is 0 Å². The molecule has 164 valence electrons. The maximum absolute atomic E-state index is 13.0. The lowest BCUT2D eigenvalue weighted by Gasteiger charge is -2.25. The van der Waals surface area contributed by atoms with Crippen molar-refractivity contribution in [3.05, 3.63) is 71.2 Å². The second-order valence-electron chi connectivity index (χ2n) is 7.86. The number of halogens is 1. The van der Waals surface area contributed by atoms with Crippen LogP contribution >= 0.6 is 11.6 Å². The van der Waals surface area contributed by atoms with Crippen LogP contribution in [0.4, 0.5) is 5.69 Å². The molecule has 7 nitrogen and oxygen atoms in total. The first kappa shape index (κ1) is 21.6. The number of nitrogens with one attached hydrogen (secondary N) is 1. The lowest BCUT2D eigenvalue weighted by Crippen LogP contribution is -2.42. The van der Waals surface area contributed by atoms with Gasteiger partial charge in [0.15, 0.2) is 5.60 Å². The van der Waals surface area contributed by atoms with Gasteiger partial charge in [-0.25, -0.2) is 0 Å². The minimum absolute atomic E-state index is 0.280. The number of aryl methyl sites for hydroxylation is 1. The number of hydrogen-bond donors (Lipinski definition) is 1.